The van der Waals surface area contributed by atoms with E-state index >= 15 is 0 Å². The lowest BCUT2D eigenvalue weighted by molar-refractivity contribution is -0.124. The molecule has 0 radical (unpaired) electrons. The highest BCUT2D eigenvalue weighted by Crippen LogP contribution is 2.14. The molecular formula is C44H81NO4. The van der Waals surface area contributed by atoms with Crippen LogP contribution in [-0.4, -0.2) is 46.1 Å². The summed E-state index contributed by atoms with van der Waals surface area (Å²) in [5.41, 5.74) is 0. The van der Waals surface area contributed by atoms with E-state index in [1.165, 1.54) is 116 Å². The summed E-state index contributed by atoms with van der Waals surface area (Å²) < 4.78 is 0. The van der Waals surface area contributed by atoms with Gasteiger partial charge in [-0.2, -0.15) is 0 Å². The minimum absolute atomic E-state index is 0.00951. The molecule has 0 saturated carbocycles. The Labute approximate surface area is 304 Å². The number of hydrogen-bond donors (Lipinski definition) is 4. The lowest BCUT2D eigenvalue weighted by Crippen LogP contribution is -2.45. The van der Waals surface area contributed by atoms with Crippen molar-refractivity contribution in [1.82, 2.24) is 5.32 Å². The number of hydrogen-bond acceptors (Lipinski definition) is 4. The van der Waals surface area contributed by atoms with Crippen LogP contribution < -0.4 is 5.32 Å². The highest BCUT2D eigenvalue weighted by atomic mass is 16.3. The van der Waals surface area contributed by atoms with Crippen LogP contribution in [0.25, 0.3) is 0 Å². The number of unbranched alkanes of at least 4 members (excludes halogenated alkanes) is 23. The molecule has 4 N–H and O–H groups in total. The smallest absolute Gasteiger partial charge is 0.222 e. The zero-order valence-corrected chi connectivity index (χ0v) is 32.3. The number of amides is 1. The Morgan fingerprint density at radius 2 is 0.939 bits per heavy atom. The molecule has 49 heavy (non-hydrogen) atoms. The second-order valence-corrected chi connectivity index (χ2v) is 14.3. The van der Waals surface area contributed by atoms with Crippen molar-refractivity contribution >= 4 is 5.91 Å². The molecule has 0 bridgehead atoms. The molecule has 0 aromatic heterocycles. The van der Waals surface area contributed by atoms with Gasteiger partial charge in [0.1, 0.15) is 0 Å². The van der Waals surface area contributed by atoms with E-state index in [0.29, 0.717) is 6.42 Å². The highest BCUT2D eigenvalue weighted by molar-refractivity contribution is 5.76. The Bertz CT molecular complexity index is 805. The summed E-state index contributed by atoms with van der Waals surface area (Å²) in [6.45, 7) is 4.15. The molecule has 0 aromatic carbocycles. The van der Waals surface area contributed by atoms with Crippen LogP contribution in [-0.2, 0) is 4.79 Å². The maximum Gasteiger partial charge on any atom is 0.222 e. The van der Waals surface area contributed by atoms with Crippen LogP contribution in [0.5, 0.6) is 0 Å². The molecule has 1 amide bonds. The molecule has 3 unspecified atom stereocenters. The third-order valence-corrected chi connectivity index (χ3v) is 9.37. The summed E-state index contributed by atoms with van der Waals surface area (Å²) in [5.74, 6) is -0.339. The molecule has 3 atom stereocenters. The van der Waals surface area contributed by atoms with Crippen molar-refractivity contribution in [2.45, 2.75) is 218 Å². The van der Waals surface area contributed by atoms with Gasteiger partial charge in [-0.15, -0.1) is 0 Å². The maximum atomic E-state index is 12.4. The lowest BCUT2D eigenvalue weighted by Gasteiger charge is -2.20. The predicted octanol–water partition coefficient (Wildman–Crippen LogP) is 11.8. The average Bonchev–Trinajstić information content (AvgIpc) is 3.09. The van der Waals surface area contributed by atoms with E-state index in [-0.39, 0.29) is 18.9 Å². The first kappa shape index (κ1) is 47.3. The van der Waals surface area contributed by atoms with E-state index in [0.717, 1.165) is 57.8 Å². The molecule has 0 aliphatic carbocycles. The fourth-order valence-corrected chi connectivity index (χ4v) is 6.11. The minimum Gasteiger partial charge on any atom is -0.394 e. The van der Waals surface area contributed by atoms with E-state index in [1.54, 1.807) is 6.08 Å². The second-order valence-electron chi connectivity index (χ2n) is 14.3. The lowest BCUT2D eigenvalue weighted by atomic mass is 10.0. The van der Waals surface area contributed by atoms with Gasteiger partial charge in [0.2, 0.25) is 5.91 Å². The first-order chi connectivity index (χ1) is 24.0. The molecule has 5 heteroatoms. The van der Waals surface area contributed by atoms with Crippen molar-refractivity contribution in [3.8, 4) is 0 Å². The van der Waals surface area contributed by atoms with Crippen molar-refractivity contribution in [3.05, 3.63) is 48.6 Å². The SMILES string of the molecule is CCCCC/C=C\C=C/CCCCCCC(O)CC(=O)NC(CO)C(O)/C=C/CC/C=C/CCCCCCCCCCCCCCCCC. The summed E-state index contributed by atoms with van der Waals surface area (Å²) in [6, 6.07) is -0.768. The van der Waals surface area contributed by atoms with E-state index in [4.69, 9.17) is 0 Å². The molecule has 5 nitrogen and oxygen atoms in total. The zero-order valence-electron chi connectivity index (χ0n) is 32.3. The van der Waals surface area contributed by atoms with Crippen LogP contribution in [0, 0.1) is 0 Å². The Balaban J connectivity index is 3.75. The van der Waals surface area contributed by atoms with E-state index in [9.17, 15) is 20.1 Å². The molecule has 0 aliphatic heterocycles. The van der Waals surface area contributed by atoms with Crippen LogP contribution >= 0.6 is 0 Å². The summed E-state index contributed by atoms with van der Waals surface area (Å²) >= 11 is 0. The molecule has 0 rings (SSSR count). The Morgan fingerprint density at radius 1 is 0.531 bits per heavy atom. The molecule has 0 heterocycles. The summed E-state index contributed by atoms with van der Waals surface area (Å²) in [7, 11) is 0. The van der Waals surface area contributed by atoms with Crippen molar-refractivity contribution in [3.63, 3.8) is 0 Å². The van der Waals surface area contributed by atoms with Gasteiger partial charge in [-0.1, -0.05) is 184 Å². The van der Waals surface area contributed by atoms with Crippen molar-refractivity contribution in [1.29, 1.82) is 0 Å². The van der Waals surface area contributed by atoms with E-state index in [2.05, 4.69) is 55.6 Å². The van der Waals surface area contributed by atoms with Gasteiger partial charge in [-0.05, 0) is 57.8 Å². The van der Waals surface area contributed by atoms with Gasteiger partial charge in [0.25, 0.3) is 0 Å². The summed E-state index contributed by atoms with van der Waals surface area (Å²) in [6.07, 6.45) is 49.6. The Hall–Kier alpha value is -1.69. The fourth-order valence-electron chi connectivity index (χ4n) is 6.11. The predicted molar refractivity (Wildman–Crippen MR) is 213 cm³/mol. The fraction of sp³-hybridized carbons (Fsp3) is 0.795. The third kappa shape index (κ3) is 35.9. The van der Waals surface area contributed by atoms with Crippen LogP contribution in [0.15, 0.2) is 48.6 Å². The van der Waals surface area contributed by atoms with Crippen LogP contribution in [0.4, 0.5) is 0 Å². The van der Waals surface area contributed by atoms with Crippen LogP contribution in [0.2, 0.25) is 0 Å². The number of allylic oxidation sites excluding steroid dienone is 7. The topological polar surface area (TPSA) is 89.8 Å². The molecule has 0 fully saturated rings. The van der Waals surface area contributed by atoms with Crippen molar-refractivity contribution in [2.24, 2.45) is 0 Å². The number of rotatable bonds is 37. The van der Waals surface area contributed by atoms with Crippen LogP contribution in [0.1, 0.15) is 200 Å². The van der Waals surface area contributed by atoms with Gasteiger partial charge < -0.3 is 20.6 Å². The van der Waals surface area contributed by atoms with Gasteiger partial charge in [-0.25, -0.2) is 0 Å². The first-order valence-electron chi connectivity index (χ1n) is 20.9. The molecule has 286 valence electrons. The van der Waals surface area contributed by atoms with Gasteiger partial charge >= 0.3 is 0 Å². The first-order valence-corrected chi connectivity index (χ1v) is 20.9. The normalized spacial score (nSPS) is 14.1. The summed E-state index contributed by atoms with van der Waals surface area (Å²) in [4.78, 5) is 12.4. The van der Waals surface area contributed by atoms with Crippen LogP contribution in [0.3, 0.4) is 0 Å². The average molecular weight is 688 g/mol. The molecule has 0 aliphatic rings. The maximum absolute atomic E-state index is 12.4. The zero-order chi connectivity index (χ0) is 35.9. The number of carbonyl (C=O) groups excluding carboxylic acids is 1. The second kappa shape index (κ2) is 39.1. The molecule has 0 aromatic rings. The molecule has 0 spiro atoms. The van der Waals surface area contributed by atoms with Gasteiger partial charge in [0.05, 0.1) is 31.3 Å². The molecule has 0 saturated heterocycles. The number of carbonyl (C=O) groups is 1. The quantitative estimate of drug-likeness (QED) is 0.0297. The number of aliphatic hydroxyl groups excluding tert-OH is 3. The largest absolute Gasteiger partial charge is 0.394 e. The highest BCUT2D eigenvalue weighted by Gasteiger charge is 2.20. The van der Waals surface area contributed by atoms with Gasteiger partial charge in [0, 0.05) is 0 Å². The summed E-state index contributed by atoms with van der Waals surface area (Å²) in [5, 5.41) is 33.1. The van der Waals surface area contributed by atoms with Crippen molar-refractivity contribution in [2.75, 3.05) is 6.61 Å². The van der Waals surface area contributed by atoms with Crippen molar-refractivity contribution < 1.29 is 20.1 Å². The minimum atomic E-state index is -0.957. The van der Waals surface area contributed by atoms with E-state index < -0.39 is 18.2 Å². The van der Waals surface area contributed by atoms with Gasteiger partial charge in [0.15, 0.2) is 0 Å². The monoisotopic (exact) mass is 688 g/mol. The van der Waals surface area contributed by atoms with E-state index in [1.807, 2.05) is 6.08 Å². The Morgan fingerprint density at radius 3 is 1.47 bits per heavy atom. The Kier molecular flexibility index (Phi) is 37.8. The standard InChI is InChI=1S/C44H81NO4/c1-3-5-7-9-11-13-15-17-18-19-20-21-22-23-24-26-28-30-32-34-36-38-43(48)42(40-46)45-44(49)39-41(47)37-35-33-31-29-27-25-16-14-12-10-8-6-4-2/h12,14,16,25,28,30,36,38,41-43,46-48H,3-11,13,15,17-24,26-27,29,31-35,37,39-40H2,1-2H3,(H,45,49)/b14-12-,25-16-,30-28+,38-36+. The molecular weight excluding hydrogens is 606 g/mol. The van der Waals surface area contributed by atoms with Gasteiger partial charge in [-0.3, -0.25) is 4.79 Å². The number of aliphatic hydroxyl groups is 3. The third-order valence-electron chi connectivity index (χ3n) is 9.37. The number of nitrogens with one attached hydrogen (secondary N) is 1.